The molecule has 0 fully saturated rings. The van der Waals surface area contributed by atoms with Crippen molar-refractivity contribution in [2.24, 2.45) is 5.92 Å². The monoisotopic (exact) mass is 210 g/mol. The van der Waals surface area contributed by atoms with Crippen molar-refractivity contribution in [3.63, 3.8) is 0 Å². The van der Waals surface area contributed by atoms with Crippen LogP contribution in [0, 0.1) is 11.7 Å². The first-order chi connectivity index (χ1) is 7.26. The highest BCUT2D eigenvalue weighted by Crippen LogP contribution is 2.10. The van der Waals surface area contributed by atoms with E-state index in [0.29, 0.717) is 5.92 Å². The number of hydrogen-bond acceptors (Lipinski definition) is 2. The van der Waals surface area contributed by atoms with Crippen molar-refractivity contribution in [3.05, 3.63) is 30.1 Å². The van der Waals surface area contributed by atoms with Gasteiger partial charge < -0.3 is 10.6 Å². The Morgan fingerprint density at radius 3 is 2.40 bits per heavy atom. The first-order valence-corrected chi connectivity index (χ1v) is 5.40. The molecule has 0 aliphatic heterocycles. The van der Waals surface area contributed by atoms with Gasteiger partial charge in [0, 0.05) is 12.2 Å². The lowest BCUT2D eigenvalue weighted by molar-refractivity contribution is 0.506. The molecule has 0 amide bonds. The molecule has 0 bridgehead atoms. The summed E-state index contributed by atoms with van der Waals surface area (Å²) >= 11 is 0. The molecule has 0 heterocycles. The lowest BCUT2D eigenvalue weighted by Crippen LogP contribution is -2.24. The number of nitrogens with one attached hydrogen (secondary N) is 2. The number of hydrogen-bond donors (Lipinski definition) is 2. The fourth-order valence-electron chi connectivity index (χ4n) is 1.48. The molecule has 1 aromatic carbocycles. The molecule has 84 valence electrons. The standard InChI is InChI=1S/C12H19FN2/c1-3-10(8-14-2)9-15-12-6-4-11(13)5-7-12/h4-7,10,14-15H,3,8-9H2,1-2H3. The Labute approximate surface area is 90.9 Å². The Morgan fingerprint density at radius 1 is 1.20 bits per heavy atom. The summed E-state index contributed by atoms with van der Waals surface area (Å²) in [4.78, 5) is 0. The zero-order valence-electron chi connectivity index (χ0n) is 9.39. The van der Waals surface area contributed by atoms with Gasteiger partial charge in [-0.05, 0) is 43.8 Å². The highest BCUT2D eigenvalue weighted by atomic mass is 19.1. The van der Waals surface area contributed by atoms with Crippen LogP contribution < -0.4 is 10.6 Å². The number of benzene rings is 1. The predicted molar refractivity (Wildman–Crippen MR) is 62.6 cm³/mol. The van der Waals surface area contributed by atoms with E-state index in [0.717, 1.165) is 25.2 Å². The van der Waals surface area contributed by atoms with Crippen LogP contribution in [-0.2, 0) is 0 Å². The van der Waals surface area contributed by atoms with Crippen molar-refractivity contribution in [2.45, 2.75) is 13.3 Å². The van der Waals surface area contributed by atoms with Gasteiger partial charge in [-0.1, -0.05) is 13.3 Å². The first kappa shape index (κ1) is 12.0. The van der Waals surface area contributed by atoms with Crippen LogP contribution in [0.25, 0.3) is 0 Å². The van der Waals surface area contributed by atoms with Crippen LogP contribution in [0.3, 0.4) is 0 Å². The topological polar surface area (TPSA) is 24.1 Å². The summed E-state index contributed by atoms with van der Waals surface area (Å²) in [5.41, 5.74) is 0.978. The van der Waals surface area contributed by atoms with Crippen LogP contribution in [0.2, 0.25) is 0 Å². The van der Waals surface area contributed by atoms with Crippen LogP contribution in [0.15, 0.2) is 24.3 Å². The normalized spacial score (nSPS) is 12.5. The van der Waals surface area contributed by atoms with Gasteiger partial charge in [-0.15, -0.1) is 0 Å². The molecule has 2 nitrogen and oxygen atoms in total. The molecule has 0 saturated carbocycles. The zero-order chi connectivity index (χ0) is 11.1. The van der Waals surface area contributed by atoms with Gasteiger partial charge in [-0.3, -0.25) is 0 Å². The summed E-state index contributed by atoms with van der Waals surface area (Å²) in [7, 11) is 1.96. The van der Waals surface area contributed by atoms with Crippen LogP contribution in [0.1, 0.15) is 13.3 Å². The minimum Gasteiger partial charge on any atom is -0.385 e. The van der Waals surface area contributed by atoms with E-state index in [-0.39, 0.29) is 5.82 Å². The van der Waals surface area contributed by atoms with Gasteiger partial charge in [0.05, 0.1) is 0 Å². The van der Waals surface area contributed by atoms with Gasteiger partial charge in [0.1, 0.15) is 5.82 Å². The second-order valence-electron chi connectivity index (χ2n) is 3.72. The minimum absolute atomic E-state index is 0.192. The summed E-state index contributed by atoms with van der Waals surface area (Å²) in [6.45, 7) is 4.10. The Balaban J connectivity index is 2.38. The Hall–Kier alpha value is -1.09. The third-order valence-corrected chi connectivity index (χ3v) is 2.51. The summed E-state index contributed by atoms with van der Waals surface area (Å²) < 4.78 is 12.6. The van der Waals surface area contributed by atoms with Crippen LogP contribution in [-0.4, -0.2) is 20.1 Å². The van der Waals surface area contributed by atoms with Gasteiger partial charge in [0.25, 0.3) is 0 Å². The number of halogens is 1. The largest absolute Gasteiger partial charge is 0.385 e. The fourth-order valence-corrected chi connectivity index (χ4v) is 1.48. The lowest BCUT2D eigenvalue weighted by atomic mass is 10.1. The second kappa shape index (κ2) is 6.40. The molecule has 0 spiro atoms. The van der Waals surface area contributed by atoms with Crippen molar-refractivity contribution < 1.29 is 4.39 Å². The summed E-state index contributed by atoms with van der Waals surface area (Å²) in [5.74, 6) is 0.419. The number of anilines is 1. The Kier molecular flexibility index (Phi) is 5.12. The molecule has 1 unspecified atom stereocenters. The molecule has 2 N–H and O–H groups in total. The molecule has 0 aliphatic carbocycles. The van der Waals surface area contributed by atoms with E-state index >= 15 is 0 Å². The molecule has 0 aromatic heterocycles. The highest BCUT2D eigenvalue weighted by molar-refractivity contribution is 5.42. The molecular weight excluding hydrogens is 191 g/mol. The highest BCUT2D eigenvalue weighted by Gasteiger charge is 2.04. The van der Waals surface area contributed by atoms with Crippen molar-refractivity contribution >= 4 is 5.69 Å². The molecule has 1 aromatic rings. The fraction of sp³-hybridized carbons (Fsp3) is 0.500. The van der Waals surface area contributed by atoms with Gasteiger partial charge >= 0.3 is 0 Å². The summed E-state index contributed by atoms with van der Waals surface area (Å²) in [5, 5.41) is 6.47. The van der Waals surface area contributed by atoms with E-state index in [4.69, 9.17) is 0 Å². The van der Waals surface area contributed by atoms with E-state index in [2.05, 4.69) is 17.6 Å². The maximum atomic E-state index is 12.6. The first-order valence-electron chi connectivity index (χ1n) is 5.40. The van der Waals surface area contributed by atoms with Crippen molar-refractivity contribution in [2.75, 3.05) is 25.5 Å². The quantitative estimate of drug-likeness (QED) is 0.753. The third-order valence-electron chi connectivity index (χ3n) is 2.51. The second-order valence-corrected chi connectivity index (χ2v) is 3.72. The third kappa shape index (κ3) is 4.30. The van der Waals surface area contributed by atoms with Crippen molar-refractivity contribution in [1.82, 2.24) is 5.32 Å². The molecule has 15 heavy (non-hydrogen) atoms. The van der Waals surface area contributed by atoms with E-state index < -0.39 is 0 Å². The summed E-state index contributed by atoms with van der Waals surface area (Å²) in [6.07, 6.45) is 1.13. The Bertz CT molecular complexity index is 271. The zero-order valence-corrected chi connectivity index (χ0v) is 9.39. The lowest BCUT2D eigenvalue weighted by Gasteiger charge is -2.15. The Morgan fingerprint density at radius 2 is 1.87 bits per heavy atom. The molecule has 0 aliphatic rings. The smallest absolute Gasteiger partial charge is 0.123 e. The van der Waals surface area contributed by atoms with Crippen molar-refractivity contribution in [1.29, 1.82) is 0 Å². The van der Waals surface area contributed by atoms with E-state index in [1.54, 1.807) is 12.1 Å². The van der Waals surface area contributed by atoms with Crippen molar-refractivity contribution in [3.8, 4) is 0 Å². The number of rotatable bonds is 6. The molecule has 1 rings (SSSR count). The van der Waals surface area contributed by atoms with Crippen LogP contribution in [0.4, 0.5) is 10.1 Å². The van der Waals surface area contributed by atoms with Crippen LogP contribution >= 0.6 is 0 Å². The summed E-state index contributed by atoms with van der Waals surface area (Å²) in [6, 6.07) is 6.48. The van der Waals surface area contributed by atoms with Gasteiger partial charge in [0.2, 0.25) is 0 Å². The molecule has 3 heteroatoms. The molecule has 0 saturated heterocycles. The molecule has 0 radical (unpaired) electrons. The predicted octanol–water partition coefficient (Wildman–Crippen LogP) is 2.48. The van der Waals surface area contributed by atoms with E-state index in [1.165, 1.54) is 12.1 Å². The van der Waals surface area contributed by atoms with Gasteiger partial charge in [-0.2, -0.15) is 0 Å². The van der Waals surface area contributed by atoms with Crippen LogP contribution in [0.5, 0.6) is 0 Å². The van der Waals surface area contributed by atoms with Gasteiger partial charge in [-0.25, -0.2) is 4.39 Å². The van der Waals surface area contributed by atoms with E-state index in [1.807, 2.05) is 7.05 Å². The molecule has 1 atom stereocenters. The van der Waals surface area contributed by atoms with E-state index in [9.17, 15) is 4.39 Å². The SMILES string of the molecule is CCC(CNC)CNc1ccc(F)cc1. The molecular formula is C12H19FN2. The maximum Gasteiger partial charge on any atom is 0.123 e. The van der Waals surface area contributed by atoms with Gasteiger partial charge in [0.15, 0.2) is 0 Å². The maximum absolute atomic E-state index is 12.6. The average molecular weight is 210 g/mol. The average Bonchev–Trinajstić information content (AvgIpc) is 2.26. The minimum atomic E-state index is -0.192.